The number of hydrogen-bond acceptors (Lipinski definition) is 5. The van der Waals surface area contributed by atoms with Gasteiger partial charge in [0.2, 0.25) is 5.13 Å². The lowest BCUT2D eigenvalue weighted by Gasteiger charge is -2.06. The highest BCUT2D eigenvalue weighted by Gasteiger charge is 2.10. The largest absolute Gasteiger partial charge is 0.255 e. The SMILES string of the molecule is Fc1ccc(-c2csc(N/N=C(\c3ccc(Cl)cc3)c3ccccn3)n2)cc1. The van der Waals surface area contributed by atoms with Crippen molar-refractivity contribution in [1.29, 1.82) is 0 Å². The van der Waals surface area contributed by atoms with Crippen molar-refractivity contribution in [2.75, 3.05) is 5.43 Å². The summed E-state index contributed by atoms with van der Waals surface area (Å²) in [6, 6.07) is 19.3. The van der Waals surface area contributed by atoms with Gasteiger partial charge in [0.05, 0.1) is 11.4 Å². The summed E-state index contributed by atoms with van der Waals surface area (Å²) >= 11 is 7.42. The maximum absolute atomic E-state index is 13.1. The van der Waals surface area contributed by atoms with Crippen LogP contribution in [-0.2, 0) is 0 Å². The lowest BCUT2D eigenvalue weighted by Crippen LogP contribution is -2.08. The maximum atomic E-state index is 13.1. The minimum Gasteiger partial charge on any atom is -0.255 e. The average molecular weight is 409 g/mol. The number of anilines is 1. The first-order chi connectivity index (χ1) is 13.7. The number of nitrogens with zero attached hydrogens (tertiary/aromatic N) is 3. The number of rotatable bonds is 5. The van der Waals surface area contributed by atoms with Crippen molar-refractivity contribution in [1.82, 2.24) is 9.97 Å². The minimum atomic E-state index is -0.273. The summed E-state index contributed by atoms with van der Waals surface area (Å²) in [6.07, 6.45) is 1.72. The molecule has 2 aromatic heterocycles. The van der Waals surface area contributed by atoms with Crippen molar-refractivity contribution in [3.63, 3.8) is 0 Å². The molecule has 4 rings (SSSR count). The maximum Gasteiger partial charge on any atom is 0.203 e. The van der Waals surface area contributed by atoms with E-state index in [1.807, 2.05) is 47.8 Å². The fraction of sp³-hybridized carbons (Fsp3) is 0. The summed E-state index contributed by atoms with van der Waals surface area (Å²) in [4.78, 5) is 8.91. The van der Waals surface area contributed by atoms with Crippen molar-refractivity contribution < 1.29 is 4.39 Å². The number of hydrogen-bond donors (Lipinski definition) is 1. The number of hydrazone groups is 1. The molecule has 0 aliphatic carbocycles. The molecule has 0 amide bonds. The van der Waals surface area contributed by atoms with Crippen molar-refractivity contribution in [3.8, 4) is 11.3 Å². The first kappa shape index (κ1) is 18.3. The van der Waals surface area contributed by atoms with Gasteiger partial charge in [0.1, 0.15) is 11.5 Å². The third-order valence-electron chi connectivity index (χ3n) is 3.93. The van der Waals surface area contributed by atoms with Crippen LogP contribution >= 0.6 is 22.9 Å². The Balaban J connectivity index is 1.63. The standard InChI is InChI=1S/C21H14ClFN4S/c22-16-8-4-15(5-9-16)20(18-3-1-2-12-24-18)26-27-21-25-19(13-28-21)14-6-10-17(23)11-7-14/h1-13H,(H,25,27)/b26-20+. The normalized spacial score (nSPS) is 11.4. The van der Waals surface area contributed by atoms with E-state index >= 15 is 0 Å². The van der Waals surface area contributed by atoms with Gasteiger partial charge in [0.25, 0.3) is 0 Å². The van der Waals surface area contributed by atoms with Crippen molar-refractivity contribution in [2.45, 2.75) is 0 Å². The quantitative estimate of drug-likeness (QED) is 0.332. The van der Waals surface area contributed by atoms with Gasteiger partial charge in [-0.05, 0) is 48.5 Å². The third kappa shape index (κ3) is 4.24. The number of nitrogens with one attached hydrogen (secondary N) is 1. The molecule has 0 aliphatic heterocycles. The second-order valence-electron chi connectivity index (χ2n) is 5.84. The van der Waals surface area contributed by atoms with Gasteiger partial charge in [0, 0.05) is 27.7 Å². The van der Waals surface area contributed by atoms with Gasteiger partial charge in [0.15, 0.2) is 0 Å². The molecule has 1 N–H and O–H groups in total. The predicted octanol–water partition coefficient (Wildman–Crippen LogP) is 5.86. The van der Waals surface area contributed by atoms with Crippen LogP contribution in [0, 0.1) is 5.82 Å². The Hall–Kier alpha value is -3.09. The number of halogens is 2. The van der Waals surface area contributed by atoms with E-state index in [0.29, 0.717) is 15.9 Å². The Bertz CT molecular complexity index is 1090. The van der Waals surface area contributed by atoms with Crippen LogP contribution in [-0.4, -0.2) is 15.7 Å². The molecule has 0 saturated carbocycles. The van der Waals surface area contributed by atoms with Gasteiger partial charge in [-0.1, -0.05) is 29.8 Å². The second kappa shape index (κ2) is 8.29. The highest BCUT2D eigenvalue weighted by atomic mass is 35.5. The Kier molecular flexibility index (Phi) is 5.41. The van der Waals surface area contributed by atoms with E-state index in [4.69, 9.17) is 11.6 Å². The molecule has 0 atom stereocenters. The van der Waals surface area contributed by atoms with E-state index in [1.54, 1.807) is 18.3 Å². The number of pyridine rings is 1. The number of aromatic nitrogens is 2. The van der Waals surface area contributed by atoms with Crippen LogP contribution in [0.5, 0.6) is 0 Å². The highest BCUT2D eigenvalue weighted by molar-refractivity contribution is 7.14. The summed E-state index contributed by atoms with van der Waals surface area (Å²) in [6.45, 7) is 0. The van der Waals surface area contributed by atoms with Crippen LogP contribution in [0.3, 0.4) is 0 Å². The van der Waals surface area contributed by atoms with Crippen LogP contribution in [0.1, 0.15) is 11.3 Å². The molecule has 0 unspecified atom stereocenters. The third-order valence-corrected chi connectivity index (χ3v) is 4.93. The van der Waals surface area contributed by atoms with Crippen molar-refractivity contribution in [2.24, 2.45) is 5.10 Å². The summed E-state index contributed by atoms with van der Waals surface area (Å²) in [5.41, 5.74) is 6.90. The molecule has 0 radical (unpaired) electrons. The van der Waals surface area contributed by atoms with Crippen LogP contribution in [0.4, 0.5) is 9.52 Å². The molecule has 7 heteroatoms. The van der Waals surface area contributed by atoms with Crippen LogP contribution < -0.4 is 5.43 Å². The molecule has 0 bridgehead atoms. The van der Waals surface area contributed by atoms with E-state index in [-0.39, 0.29) is 5.82 Å². The van der Waals surface area contributed by atoms with Gasteiger partial charge in [-0.25, -0.2) is 9.37 Å². The Labute approximate surface area is 170 Å². The van der Waals surface area contributed by atoms with Crippen LogP contribution in [0.2, 0.25) is 5.02 Å². The van der Waals surface area contributed by atoms with E-state index in [2.05, 4.69) is 20.5 Å². The molecule has 138 valence electrons. The first-order valence-electron chi connectivity index (χ1n) is 8.41. The van der Waals surface area contributed by atoms with Gasteiger partial charge in [-0.2, -0.15) is 5.10 Å². The zero-order chi connectivity index (χ0) is 19.3. The van der Waals surface area contributed by atoms with Crippen molar-refractivity contribution >= 4 is 33.8 Å². The lowest BCUT2D eigenvalue weighted by atomic mass is 10.1. The van der Waals surface area contributed by atoms with E-state index in [1.165, 1.54) is 23.5 Å². The predicted molar refractivity (Wildman–Crippen MR) is 112 cm³/mol. The summed E-state index contributed by atoms with van der Waals surface area (Å²) in [5.74, 6) is -0.273. The van der Waals surface area contributed by atoms with Gasteiger partial charge in [-0.3, -0.25) is 10.4 Å². The molecule has 4 aromatic rings. The Morgan fingerprint density at radius 1 is 1.00 bits per heavy atom. The topological polar surface area (TPSA) is 50.2 Å². The number of benzene rings is 2. The van der Waals surface area contributed by atoms with E-state index in [0.717, 1.165) is 22.5 Å². The Morgan fingerprint density at radius 2 is 1.79 bits per heavy atom. The molecule has 28 heavy (non-hydrogen) atoms. The molecule has 0 fully saturated rings. The molecule has 2 heterocycles. The molecular weight excluding hydrogens is 395 g/mol. The zero-order valence-electron chi connectivity index (χ0n) is 14.5. The molecular formula is C21H14ClFN4S. The summed E-state index contributed by atoms with van der Waals surface area (Å²) in [7, 11) is 0. The lowest BCUT2D eigenvalue weighted by molar-refractivity contribution is 0.628. The fourth-order valence-electron chi connectivity index (χ4n) is 2.56. The molecule has 4 nitrogen and oxygen atoms in total. The minimum absolute atomic E-state index is 0.273. The monoisotopic (exact) mass is 408 g/mol. The first-order valence-corrected chi connectivity index (χ1v) is 9.67. The van der Waals surface area contributed by atoms with E-state index < -0.39 is 0 Å². The molecule has 0 saturated heterocycles. The average Bonchev–Trinajstić information content (AvgIpc) is 3.20. The second-order valence-corrected chi connectivity index (χ2v) is 7.13. The van der Waals surface area contributed by atoms with Gasteiger partial charge < -0.3 is 0 Å². The van der Waals surface area contributed by atoms with Crippen molar-refractivity contribution in [3.05, 3.63) is 100 Å². The molecule has 0 aliphatic rings. The zero-order valence-corrected chi connectivity index (χ0v) is 16.1. The molecule has 0 spiro atoms. The number of thiazole rings is 1. The molecule has 2 aromatic carbocycles. The van der Waals surface area contributed by atoms with Gasteiger partial charge >= 0.3 is 0 Å². The summed E-state index contributed by atoms with van der Waals surface area (Å²) in [5, 5.41) is 7.71. The highest BCUT2D eigenvalue weighted by Crippen LogP contribution is 2.25. The van der Waals surface area contributed by atoms with Gasteiger partial charge in [-0.15, -0.1) is 11.3 Å². The van der Waals surface area contributed by atoms with E-state index in [9.17, 15) is 4.39 Å². The van der Waals surface area contributed by atoms with Crippen LogP contribution in [0.15, 0.2) is 83.4 Å². The van der Waals surface area contributed by atoms with Crippen LogP contribution in [0.25, 0.3) is 11.3 Å². The smallest absolute Gasteiger partial charge is 0.203 e. The Morgan fingerprint density at radius 3 is 2.50 bits per heavy atom. The fourth-order valence-corrected chi connectivity index (χ4v) is 3.35. The summed E-state index contributed by atoms with van der Waals surface area (Å²) < 4.78 is 13.1.